The number of aryl methyl sites for hydroxylation is 3. The van der Waals surface area contributed by atoms with Gasteiger partial charge < -0.3 is 9.47 Å². The Balaban J connectivity index is 0.00000374. The third-order valence-corrected chi connectivity index (χ3v) is 9.63. The van der Waals surface area contributed by atoms with Crippen LogP contribution in [0.5, 0.6) is 0 Å². The van der Waals surface area contributed by atoms with Gasteiger partial charge in [-0.15, -0.1) is 29.7 Å². The largest absolute Gasteiger partial charge is 0.357 e. The Hall–Kier alpha value is -5.77. The van der Waals surface area contributed by atoms with Crippen LogP contribution in [-0.2, 0) is 28.1 Å². The molecule has 0 bridgehead atoms. The Kier molecular flexibility index (Phi) is 8.37. The van der Waals surface area contributed by atoms with Crippen molar-refractivity contribution in [1.29, 1.82) is 0 Å². The Labute approximate surface area is 311 Å². The number of rotatable bonds is 6. The summed E-state index contributed by atoms with van der Waals surface area (Å²) in [4.78, 5) is 7.22. The van der Waals surface area contributed by atoms with Crippen LogP contribution in [-0.4, -0.2) is 18.7 Å². The van der Waals surface area contributed by atoms with Crippen LogP contribution in [0.4, 0.5) is 17.1 Å². The van der Waals surface area contributed by atoms with Gasteiger partial charge in [-0.2, -0.15) is 12.1 Å². The van der Waals surface area contributed by atoms with E-state index in [1.165, 1.54) is 11.1 Å². The number of imidazole rings is 1. The van der Waals surface area contributed by atoms with Crippen LogP contribution in [0.3, 0.4) is 0 Å². The summed E-state index contributed by atoms with van der Waals surface area (Å²) >= 11 is 0. The molecule has 3 aromatic heterocycles. The zero-order chi connectivity index (χ0) is 33.8. The Bertz CT molecular complexity index is 2690. The standard InChI is InChI=1S/C45H34N5.Pt/c1-31-13-11-14-32(2)45(31)49(36-18-12-17-35(28-36)48-30-47(3)41-21-9-10-22-42(41)48)37-23-24-39-38-19-7-8-20-40(38)50(43(39)29-37)44-27-34(25-26-46-44)33-15-5-4-6-16-33;/h4-27,30H,1-3H3;/q-1;. The SMILES string of the molecule is Cc1cccc(C)c1N(c1[c-]c(-n2[cH+]n(C)c3ccccc32)ccc1)c1[c-]c2c(cc1)c1ccccc1n2-c1cc(-c2ccccc2)ccn1.[Pt]. The maximum absolute atomic E-state index is 4.92. The molecule has 0 unspecified atom stereocenters. The molecule has 0 N–H and O–H groups in total. The number of nitrogens with zero attached hydrogens (tertiary/aromatic N) is 5. The summed E-state index contributed by atoms with van der Waals surface area (Å²) in [5.74, 6) is 0.852. The van der Waals surface area contributed by atoms with Gasteiger partial charge in [0, 0.05) is 63.3 Å². The van der Waals surface area contributed by atoms with Gasteiger partial charge in [0.2, 0.25) is 0 Å². The molecule has 6 heteroatoms. The molecule has 0 radical (unpaired) electrons. The van der Waals surface area contributed by atoms with Gasteiger partial charge in [0.15, 0.2) is 17.4 Å². The maximum atomic E-state index is 4.92. The van der Waals surface area contributed by atoms with Crippen LogP contribution in [0.25, 0.3) is 55.5 Å². The predicted octanol–water partition coefficient (Wildman–Crippen LogP) is 11.1. The average molecular weight is 840 g/mol. The Morgan fingerprint density at radius 2 is 1.29 bits per heavy atom. The van der Waals surface area contributed by atoms with Crippen molar-refractivity contribution in [2.75, 3.05) is 4.90 Å². The summed E-state index contributed by atoms with van der Waals surface area (Å²) in [5.41, 5.74) is 12.9. The average Bonchev–Trinajstić information content (AvgIpc) is 3.68. The molecule has 250 valence electrons. The summed E-state index contributed by atoms with van der Waals surface area (Å²) in [7, 11) is 2.08. The molecule has 9 aromatic rings. The zero-order valence-corrected chi connectivity index (χ0v) is 30.8. The summed E-state index contributed by atoms with van der Waals surface area (Å²) in [6.07, 6.45) is 4.02. The molecule has 3 heterocycles. The Morgan fingerprint density at radius 1 is 0.608 bits per heavy atom. The van der Waals surface area contributed by atoms with E-state index in [1.807, 2.05) is 12.3 Å². The molecular weight excluding hydrogens is 806 g/mol. The van der Waals surface area contributed by atoms with E-state index in [-0.39, 0.29) is 21.1 Å². The van der Waals surface area contributed by atoms with Gasteiger partial charge in [-0.05, 0) is 71.8 Å². The minimum atomic E-state index is 0. The van der Waals surface area contributed by atoms with Gasteiger partial charge in [-0.1, -0.05) is 89.7 Å². The summed E-state index contributed by atoms with van der Waals surface area (Å²) < 4.78 is 6.61. The van der Waals surface area contributed by atoms with Gasteiger partial charge in [0.1, 0.15) is 5.82 Å². The zero-order valence-electron chi connectivity index (χ0n) is 28.5. The molecule has 0 fully saturated rings. The van der Waals surface area contributed by atoms with Crippen molar-refractivity contribution in [2.24, 2.45) is 7.05 Å². The van der Waals surface area contributed by atoms with Gasteiger partial charge in [-0.25, -0.2) is 14.1 Å². The van der Waals surface area contributed by atoms with E-state index in [2.05, 4.69) is 191 Å². The molecule has 0 saturated carbocycles. The molecule has 0 aliphatic rings. The fourth-order valence-corrected chi connectivity index (χ4v) is 7.30. The van der Waals surface area contributed by atoms with Gasteiger partial charge in [0.05, 0.1) is 0 Å². The fraction of sp³-hybridized carbons (Fsp3) is 0.0667. The van der Waals surface area contributed by atoms with E-state index in [0.29, 0.717) is 0 Å². The number of benzene rings is 6. The normalized spacial score (nSPS) is 11.3. The van der Waals surface area contributed by atoms with E-state index >= 15 is 0 Å². The maximum Gasteiger partial charge on any atom is 0.188 e. The first-order valence-electron chi connectivity index (χ1n) is 16.9. The van der Waals surface area contributed by atoms with Crippen molar-refractivity contribution in [3.63, 3.8) is 0 Å². The number of fused-ring (bicyclic) bond motifs is 4. The van der Waals surface area contributed by atoms with Crippen LogP contribution in [0.15, 0.2) is 152 Å². The molecule has 5 nitrogen and oxygen atoms in total. The number of hydrogen-bond acceptors (Lipinski definition) is 2. The van der Waals surface area contributed by atoms with E-state index < -0.39 is 0 Å². The van der Waals surface area contributed by atoms with Crippen molar-refractivity contribution in [2.45, 2.75) is 13.8 Å². The third-order valence-electron chi connectivity index (χ3n) is 9.63. The van der Waals surface area contributed by atoms with E-state index in [0.717, 1.165) is 72.5 Å². The number of pyridine rings is 1. The van der Waals surface area contributed by atoms with Gasteiger partial charge in [0.25, 0.3) is 0 Å². The van der Waals surface area contributed by atoms with Crippen LogP contribution in [0.1, 0.15) is 11.1 Å². The Morgan fingerprint density at radius 3 is 2.10 bits per heavy atom. The van der Waals surface area contributed by atoms with Crippen molar-refractivity contribution in [1.82, 2.24) is 18.7 Å². The van der Waals surface area contributed by atoms with Gasteiger partial charge >= 0.3 is 0 Å². The van der Waals surface area contributed by atoms with Crippen LogP contribution in [0, 0.1) is 26.0 Å². The molecule has 0 atom stereocenters. The molecule has 0 aliphatic carbocycles. The van der Waals surface area contributed by atoms with Crippen LogP contribution < -0.4 is 4.90 Å². The number of anilines is 3. The molecule has 51 heavy (non-hydrogen) atoms. The third kappa shape index (κ3) is 5.55. The van der Waals surface area contributed by atoms with Crippen LogP contribution >= 0.6 is 0 Å². The topological polar surface area (TPSA) is 30.9 Å². The van der Waals surface area contributed by atoms with E-state index in [1.54, 1.807) is 0 Å². The monoisotopic (exact) mass is 839 g/mol. The van der Waals surface area contributed by atoms with Crippen molar-refractivity contribution in [3.05, 3.63) is 175 Å². The second-order valence-corrected chi connectivity index (χ2v) is 12.8. The molecular formula is C45H34N5Pt-. The van der Waals surface area contributed by atoms with E-state index in [9.17, 15) is 0 Å². The number of para-hydroxylation sites is 4. The quantitative estimate of drug-likeness (QED) is 0.156. The van der Waals surface area contributed by atoms with Crippen LogP contribution in [0.2, 0.25) is 0 Å². The molecule has 0 saturated heterocycles. The summed E-state index contributed by atoms with van der Waals surface area (Å²) in [5, 5.41) is 2.29. The first-order valence-corrected chi connectivity index (χ1v) is 16.9. The van der Waals surface area contributed by atoms with E-state index in [4.69, 9.17) is 4.98 Å². The predicted molar refractivity (Wildman–Crippen MR) is 206 cm³/mol. The van der Waals surface area contributed by atoms with Crippen molar-refractivity contribution in [3.8, 4) is 22.6 Å². The molecule has 0 spiro atoms. The first kappa shape index (κ1) is 32.4. The fourth-order valence-electron chi connectivity index (χ4n) is 7.30. The molecule has 9 rings (SSSR count). The molecule has 0 amide bonds. The number of hydrogen-bond donors (Lipinski definition) is 0. The smallest absolute Gasteiger partial charge is 0.188 e. The first-order chi connectivity index (χ1) is 24.5. The molecule has 0 aliphatic heterocycles. The summed E-state index contributed by atoms with van der Waals surface area (Å²) in [6.45, 7) is 4.35. The van der Waals surface area contributed by atoms with Crippen molar-refractivity contribution >= 4 is 49.9 Å². The van der Waals surface area contributed by atoms with Crippen molar-refractivity contribution < 1.29 is 21.1 Å². The minimum absolute atomic E-state index is 0. The number of aromatic nitrogens is 4. The second kappa shape index (κ2) is 13.2. The van der Waals surface area contributed by atoms with Gasteiger partial charge in [-0.3, -0.25) is 0 Å². The molecule has 6 aromatic carbocycles. The second-order valence-electron chi connectivity index (χ2n) is 12.8. The summed E-state index contributed by atoms with van der Waals surface area (Å²) in [6, 6.07) is 56.7. The minimum Gasteiger partial charge on any atom is -0.357 e.